The van der Waals surface area contributed by atoms with Crippen molar-refractivity contribution in [3.05, 3.63) is 58.0 Å². The molecule has 0 saturated carbocycles. The van der Waals surface area contributed by atoms with Gasteiger partial charge in [0.25, 0.3) is 0 Å². The first-order chi connectivity index (χ1) is 9.00. The molecule has 0 aliphatic heterocycles. The van der Waals surface area contributed by atoms with Gasteiger partial charge in [0.05, 0.1) is 0 Å². The Morgan fingerprint density at radius 1 is 1.26 bits per heavy atom. The predicted molar refractivity (Wildman–Crippen MR) is 81.6 cm³/mol. The predicted octanol–water partition coefficient (Wildman–Crippen LogP) is 2.28. The van der Waals surface area contributed by atoms with E-state index in [1.165, 1.54) is 16.9 Å². The van der Waals surface area contributed by atoms with E-state index in [-0.39, 0.29) is 11.4 Å². The second kappa shape index (κ2) is 5.79. The molecule has 100 valence electrons. The number of hydrogen-bond acceptors (Lipinski definition) is 1. The number of amides is 1. The van der Waals surface area contributed by atoms with E-state index in [0.717, 1.165) is 28.3 Å². The third kappa shape index (κ3) is 3.39. The molecule has 1 unspecified atom stereocenters. The first kappa shape index (κ1) is 14.1. The summed E-state index contributed by atoms with van der Waals surface area (Å²) in [5.41, 5.74) is 1.71. The van der Waals surface area contributed by atoms with Crippen LogP contribution in [0.25, 0.3) is 0 Å². The van der Waals surface area contributed by atoms with E-state index in [9.17, 15) is 4.79 Å². The van der Waals surface area contributed by atoms with Crippen molar-refractivity contribution < 1.29 is 4.79 Å². The Balaban J connectivity index is 2.17. The molecule has 1 aromatic carbocycles. The summed E-state index contributed by atoms with van der Waals surface area (Å²) in [5, 5.41) is 3.15. The van der Waals surface area contributed by atoms with E-state index in [2.05, 4.69) is 17.5 Å². The molecule has 0 fully saturated rings. The molecule has 0 saturated heterocycles. The standard InChI is InChI=1S/C16H20AsNO/c1-16(2,12-8-4-3-5-9-12)18-15(19)13-10-6-7-11-14(13)17/h3-5,7-9,11H,6,10,17H2,1-2H3,(H,18,19). The maximum atomic E-state index is 12.4. The molecule has 1 aliphatic carbocycles. The molecule has 2 nitrogen and oxygen atoms in total. The van der Waals surface area contributed by atoms with Crippen molar-refractivity contribution in [1.29, 1.82) is 0 Å². The van der Waals surface area contributed by atoms with Crippen LogP contribution in [0.3, 0.4) is 0 Å². The Morgan fingerprint density at radius 2 is 1.95 bits per heavy atom. The summed E-state index contributed by atoms with van der Waals surface area (Å²) in [7, 11) is 0. The van der Waals surface area contributed by atoms with Crippen LogP contribution in [0.1, 0.15) is 32.3 Å². The zero-order chi connectivity index (χ0) is 13.9. The first-order valence-electron chi connectivity index (χ1n) is 6.54. The molecule has 2 rings (SSSR count). The number of rotatable bonds is 3. The van der Waals surface area contributed by atoms with E-state index in [1.807, 2.05) is 44.2 Å². The second-order valence-corrected chi connectivity index (χ2v) is 6.63. The van der Waals surface area contributed by atoms with E-state index in [1.54, 1.807) is 0 Å². The van der Waals surface area contributed by atoms with Crippen molar-refractivity contribution in [3.8, 4) is 0 Å². The van der Waals surface area contributed by atoms with Gasteiger partial charge in [-0.25, -0.2) is 0 Å². The molecule has 0 spiro atoms. The van der Waals surface area contributed by atoms with Crippen LogP contribution in [-0.2, 0) is 10.3 Å². The normalized spacial score (nSPS) is 15.5. The molecule has 1 aliphatic rings. The van der Waals surface area contributed by atoms with Crippen molar-refractivity contribution in [2.75, 3.05) is 0 Å². The summed E-state index contributed by atoms with van der Waals surface area (Å²) in [6.07, 6.45) is 6.01. The third-order valence-electron chi connectivity index (χ3n) is 3.40. The molecule has 0 radical (unpaired) electrons. The molecule has 0 heterocycles. The topological polar surface area (TPSA) is 29.1 Å². The second-order valence-electron chi connectivity index (χ2n) is 5.32. The molecule has 19 heavy (non-hydrogen) atoms. The average molecular weight is 317 g/mol. The summed E-state index contributed by atoms with van der Waals surface area (Å²) in [6.45, 7) is 4.08. The molecule has 0 bridgehead atoms. The van der Waals surface area contributed by atoms with Crippen LogP contribution in [0, 0.1) is 0 Å². The molecule has 1 amide bonds. The number of carbonyl (C=O) groups is 1. The number of benzene rings is 1. The van der Waals surface area contributed by atoms with Gasteiger partial charge in [0.15, 0.2) is 0 Å². The van der Waals surface area contributed by atoms with Crippen molar-refractivity contribution >= 4 is 22.8 Å². The molecular weight excluding hydrogens is 297 g/mol. The summed E-state index contributed by atoms with van der Waals surface area (Å²) < 4.78 is 1.14. The Labute approximate surface area is 123 Å². The fraction of sp³-hybridized carbons (Fsp3) is 0.312. The summed E-state index contributed by atoms with van der Waals surface area (Å²) >= 11 is 1.52. The van der Waals surface area contributed by atoms with Crippen molar-refractivity contribution in [1.82, 2.24) is 5.32 Å². The first-order valence-corrected chi connectivity index (χ1v) is 7.75. The van der Waals surface area contributed by atoms with Gasteiger partial charge < -0.3 is 0 Å². The SMILES string of the molecule is CC(C)(NC(=O)C1=C([AsH2])C=CCC1)c1ccccc1. The zero-order valence-corrected chi connectivity index (χ0v) is 13.9. The fourth-order valence-electron chi connectivity index (χ4n) is 2.21. The van der Waals surface area contributed by atoms with Gasteiger partial charge in [-0.3, -0.25) is 0 Å². The van der Waals surface area contributed by atoms with E-state index >= 15 is 0 Å². The van der Waals surface area contributed by atoms with Gasteiger partial charge in [0, 0.05) is 0 Å². The number of hydrogen-bond donors (Lipinski definition) is 1. The average Bonchev–Trinajstić information content (AvgIpc) is 2.39. The van der Waals surface area contributed by atoms with Crippen LogP contribution in [0.2, 0.25) is 0 Å². The Hall–Kier alpha value is -1.27. The molecule has 0 aromatic heterocycles. The van der Waals surface area contributed by atoms with Crippen LogP contribution in [0.15, 0.2) is 52.4 Å². The quantitative estimate of drug-likeness (QED) is 0.852. The van der Waals surface area contributed by atoms with Gasteiger partial charge in [-0.2, -0.15) is 0 Å². The summed E-state index contributed by atoms with van der Waals surface area (Å²) in [5.74, 6) is 0.0672. The molecule has 3 heteroatoms. The zero-order valence-electron chi connectivity index (χ0n) is 11.4. The van der Waals surface area contributed by atoms with E-state index < -0.39 is 0 Å². The Morgan fingerprint density at radius 3 is 2.58 bits per heavy atom. The fourth-order valence-corrected chi connectivity index (χ4v) is 3.08. The van der Waals surface area contributed by atoms with Gasteiger partial charge in [-0.15, -0.1) is 0 Å². The van der Waals surface area contributed by atoms with Gasteiger partial charge in [0.1, 0.15) is 0 Å². The van der Waals surface area contributed by atoms with Gasteiger partial charge in [-0.1, -0.05) is 0 Å². The minimum atomic E-state index is -0.347. The van der Waals surface area contributed by atoms with Crippen LogP contribution >= 0.6 is 0 Å². The van der Waals surface area contributed by atoms with E-state index in [0.29, 0.717) is 0 Å². The number of carbonyl (C=O) groups excluding carboxylic acids is 1. The van der Waals surface area contributed by atoms with Gasteiger partial charge in [-0.05, 0) is 0 Å². The molecule has 1 aromatic rings. The summed E-state index contributed by atoms with van der Waals surface area (Å²) in [6, 6.07) is 10.1. The third-order valence-corrected chi connectivity index (χ3v) is 4.54. The monoisotopic (exact) mass is 317 g/mol. The Bertz CT molecular complexity index is 529. The minimum absolute atomic E-state index is 0.0672. The van der Waals surface area contributed by atoms with Crippen LogP contribution in [0.5, 0.6) is 0 Å². The Kier molecular flexibility index (Phi) is 4.31. The maximum absolute atomic E-state index is 12.4. The van der Waals surface area contributed by atoms with E-state index in [4.69, 9.17) is 0 Å². The van der Waals surface area contributed by atoms with Gasteiger partial charge in [0.2, 0.25) is 0 Å². The van der Waals surface area contributed by atoms with Crippen LogP contribution in [-0.4, -0.2) is 22.8 Å². The van der Waals surface area contributed by atoms with Crippen molar-refractivity contribution in [2.24, 2.45) is 0 Å². The number of allylic oxidation sites excluding steroid dienone is 3. The molecular formula is C16H20AsNO. The van der Waals surface area contributed by atoms with Crippen molar-refractivity contribution in [3.63, 3.8) is 0 Å². The molecule has 1 N–H and O–H groups in total. The van der Waals surface area contributed by atoms with Gasteiger partial charge >= 0.3 is 123 Å². The van der Waals surface area contributed by atoms with Crippen LogP contribution < -0.4 is 5.32 Å². The van der Waals surface area contributed by atoms with Crippen LogP contribution in [0.4, 0.5) is 0 Å². The summed E-state index contributed by atoms with van der Waals surface area (Å²) in [4.78, 5) is 12.4. The van der Waals surface area contributed by atoms with Crippen molar-refractivity contribution in [2.45, 2.75) is 32.2 Å². The number of nitrogens with one attached hydrogen (secondary N) is 1. The molecule has 1 atom stereocenters.